The molecule has 33 heavy (non-hydrogen) atoms. The molecule has 2 saturated carbocycles. The van der Waals surface area contributed by atoms with Gasteiger partial charge in [-0.1, -0.05) is 12.1 Å². The van der Waals surface area contributed by atoms with E-state index in [-0.39, 0.29) is 36.8 Å². The highest BCUT2D eigenvalue weighted by molar-refractivity contribution is 5.98. The monoisotopic (exact) mass is 455 g/mol. The number of nitrogens with zero attached hydrogens (tertiary/aromatic N) is 3. The molecule has 5 rings (SSSR count). The van der Waals surface area contributed by atoms with Crippen LogP contribution in [-0.4, -0.2) is 51.3 Å². The molecular formula is C24H30FN5O3. The van der Waals surface area contributed by atoms with Gasteiger partial charge in [-0.2, -0.15) is 4.98 Å². The van der Waals surface area contributed by atoms with Gasteiger partial charge in [-0.05, 0) is 55.6 Å². The predicted molar refractivity (Wildman–Crippen MR) is 121 cm³/mol. The van der Waals surface area contributed by atoms with Gasteiger partial charge in [0.05, 0.1) is 12.7 Å². The lowest BCUT2D eigenvalue weighted by molar-refractivity contribution is 0.0867. The van der Waals surface area contributed by atoms with Gasteiger partial charge in [0.2, 0.25) is 5.95 Å². The molecule has 0 radical (unpaired) electrons. The van der Waals surface area contributed by atoms with Crippen molar-refractivity contribution < 1.29 is 19.4 Å². The normalized spacial score (nSPS) is 26.1. The highest BCUT2D eigenvalue weighted by Gasteiger charge is 2.46. The Labute approximate surface area is 192 Å². The summed E-state index contributed by atoms with van der Waals surface area (Å²) in [5.74, 6) is 1.75. The van der Waals surface area contributed by atoms with Crippen LogP contribution in [0, 0.1) is 17.7 Å². The number of amides is 1. The minimum atomic E-state index is -0.464. The van der Waals surface area contributed by atoms with Crippen LogP contribution in [0.3, 0.4) is 0 Å². The fourth-order valence-electron chi connectivity index (χ4n) is 4.89. The van der Waals surface area contributed by atoms with Crippen LogP contribution in [0.4, 0.5) is 16.2 Å². The zero-order chi connectivity index (χ0) is 22.9. The molecule has 0 spiro atoms. The first-order valence-electron chi connectivity index (χ1n) is 11.7. The second kappa shape index (κ2) is 9.23. The number of nitrogens with one attached hydrogen (secondary N) is 2. The van der Waals surface area contributed by atoms with E-state index in [1.54, 1.807) is 18.3 Å². The summed E-state index contributed by atoms with van der Waals surface area (Å²) in [5.41, 5.74) is 1.27. The zero-order valence-corrected chi connectivity index (χ0v) is 18.5. The molecule has 1 saturated heterocycles. The molecule has 3 aliphatic rings. The summed E-state index contributed by atoms with van der Waals surface area (Å²) in [6, 6.07) is 4.69. The molecule has 1 aromatic heterocycles. The summed E-state index contributed by atoms with van der Waals surface area (Å²) in [6.07, 6.45) is 5.38. The fraction of sp³-hybridized carbons (Fsp3) is 0.542. The number of rotatable bonds is 7. The van der Waals surface area contributed by atoms with E-state index >= 15 is 0 Å². The average molecular weight is 456 g/mol. The molecule has 2 aliphatic carbocycles. The first kappa shape index (κ1) is 22.0. The number of piperidine rings is 1. The summed E-state index contributed by atoms with van der Waals surface area (Å²) in [5, 5.41) is 25.2. The average Bonchev–Trinajstić information content (AvgIpc) is 3.43. The van der Waals surface area contributed by atoms with E-state index in [1.807, 2.05) is 0 Å². The first-order valence-corrected chi connectivity index (χ1v) is 11.7. The van der Waals surface area contributed by atoms with Gasteiger partial charge < -0.3 is 25.7 Å². The summed E-state index contributed by atoms with van der Waals surface area (Å²) in [7, 11) is 0. The molecule has 4 N–H and O–H groups in total. The fourth-order valence-corrected chi connectivity index (χ4v) is 4.89. The van der Waals surface area contributed by atoms with Crippen molar-refractivity contribution >= 4 is 17.7 Å². The van der Waals surface area contributed by atoms with E-state index in [0.717, 1.165) is 37.8 Å². The molecule has 9 heteroatoms. The number of carbonyl (C=O) groups excluding carboxylic acids is 1. The number of anilines is 2. The first-order chi connectivity index (χ1) is 16.0. The van der Waals surface area contributed by atoms with E-state index in [2.05, 4.69) is 25.5 Å². The lowest BCUT2D eigenvalue weighted by Crippen LogP contribution is -2.39. The Hall–Kier alpha value is -2.78. The number of benzene rings is 1. The van der Waals surface area contributed by atoms with Crippen LogP contribution in [0.2, 0.25) is 0 Å². The van der Waals surface area contributed by atoms with Gasteiger partial charge in [-0.25, -0.2) is 9.37 Å². The zero-order valence-electron chi connectivity index (χ0n) is 18.5. The maximum absolute atomic E-state index is 14.1. The van der Waals surface area contributed by atoms with Crippen molar-refractivity contribution in [2.75, 3.05) is 23.3 Å². The Balaban J connectivity index is 1.34. The lowest BCUT2D eigenvalue weighted by Gasteiger charge is -2.26. The molecule has 1 aliphatic heterocycles. The van der Waals surface area contributed by atoms with E-state index in [1.165, 1.54) is 12.5 Å². The third kappa shape index (κ3) is 4.94. The topological polar surface area (TPSA) is 111 Å². The molecule has 2 aromatic rings. The molecule has 8 nitrogen and oxygen atoms in total. The number of hydrogen-bond donors (Lipinski definition) is 4. The van der Waals surface area contributed by atoms with E-state index in [4.69, 9.17) is 0 Å². The van der Waals surface area contributed by atoms with Crippen molar-refractivity contribution in [2.45, 2.75) is 57.4 Å². The number of carbonyl (C=O) groups is 1. The molecule has 1 aromatic carbocycles. The Morgan fingerprint density at radius 3 is 2.64 bits per heavy atom. The van der Waals surface area contributed by atoms with E-state index < -0.39 is 5.82 Å². The smallest absolute Gasteiger partial charge is 0.256 e. The van der Waals surface area contributed by atoms with E-state index in [9.17, 15) is 19.4 Å². The number of fused-ring (bicyclic) bond motifs is 1. The second-order valence-electron chi connectivity index (χ2n) is 9.51. The van der Waals surface area contributed by atoms with Gasteiger partial charge in [-0.3, -0.25) is 4.79 Å². The maximum atomic E-state index is 14.1. The van der Waals surface area contributed by atoms with Crippen molar-refractivity contribution in [2.24, 2.45) is 11.8 Å². The van der Waals surface area contributed by atoms with Gasteiger partial charge in [0.25, 0.3) is 5.91 Å². The Bertz CT molecular complexity index is 1020. The van der Waals surface area contributed by atoms with Crippen LogP contribution >= 0.6 is 0 Å². The molecule has 2 unspecified atom stereocenters. The standard InChI is InChI=1S/C24H30FN5O3/c25-21-7-14(1-2-15(21)13-31)9-26-22-20(23(33)28-18-3-5-19(32)6-4-18)10-27-24(29-22)30-11-16-8-17(16)12-30/h1-2,7,10,16-19,31-32H,3-6,8-9,11-13H2,(H,28,33)(H,26,27,29)/t16?,17?,18-,19-. The van der Waals surface area contributed by atoms with Gasteiger partial charge in [0, 0.05) is 37.4 Å². The lowest BCUT2D eigenvalue weighted by atomic mass is 9.93. The number of aliphatic hydroxyl groups is 2. The number of aromatic nitrogens is 2. The van der Waals surface area contributed by atoms with Gasteiger partial charge in [0.15, 0.2) is 0 Å². The van der Waals surface area contributed by atoms with Gasteiger partial charge in [0.1, 0.15) is 17.2 Å². The Kier molecular flexibility index (Phi) is 6.16. The Morgan fingerprint density at radius 2 is 1.94 bits per heavy atom. The summed E-state index contributed by atoms with van der Waals surface area (Å²) in [4.78, 5) is 24.4. The maximum Gasteiger partial charge on any atom is 0.256 e. The minimum Gasteiger partial charge on any atom is -0.393 e. The van der Waals surface area contributed by atoms with Crippen LogP contribution in [0.15, 0.2) is 24.4 Å². The second-order valence-corrected chi connectivity index (χ2v) is 9.51. The van der Waals surface area contributed by atoms with Crippen molar-refractivity contribution in [1.82, 2.24) is 15.3 Å². The van der Waals surface area contributed by atoms with Crippen LogP contribution < -0.4 is 15.5 Å². The van der Waals surface area contributed by atoms with Crippen LogP contribution in [0.5, 0.6) is 0 Å². The quantitative estimate of drug-likeness (QED) is 0.507. The largest absolute Gasteiger partial charge is 0.393 e. The third-order valence-corrected chi connectivity index (χ3v) is 7.06. The van der Waals surface area contributed by atoms with Gasteiger partial charge >= 0.3 is 0 Å². The van der Waals surface area contributed by atoms with Crippen molar-refractivity contribution in [3.05, 3.63) is 46.9 Å². The molecular weight excluding hydrogens is 425 g/mol. The van der Waals surface area contributed by atoms with Gasteiger partial charge in [-0.15, -0.1) is 0 Å². The molecule has 2 heterocycles. The highest BCUT2D eigenvalue weighted by atomic mass is 19.1. The Morgan fingerprint density at radius 1 is 1.18 bits per heavy atom. The molecule has 3 fully saturated rings. The predicted octanol–water partition coefficient (Wildman–Crippen LogP) is 2.21. The minimum absolute atomic E-state index is 0.0132. The molecule has 0 bridgehead atoms. The van der Waals surface area contributed by atoms with Crippen molar-refractivity contribution in [3.63, 3.8) is 0 Å². The van der Waals surface area contributed by atoms with Crippen LogP contribution in [0.25, 0.3) is 0 Å². The number of aliphatic hydroxyl groups excluding tert-OH is 2. The van der Waals surface area contributed by atoms with Crippen molar-refractivity contribution in [1.29, 1.82) is 0 Å². The summed E-state index contributed by atoms with van der Waals surface area (Å²) < 4.78 is 14.1. The SMILES string of the molecule is O=C(N[C@H]1CC[C@H](O)CC1)c1cnc(N2CC3CC3C2)nc1NCc1ccc(CO)c(F)c1. The molecule has 1 amide bonds. The van der Waals surface area contributed by atoms with E-state index in [0.29, 0.717) is 35.7 Å². The van der Waals surface area contributed by atoms with Crippen LogP contribution in [0.1, 0.15) is 53.6 Å². The summed E-state index contributed by atoms with van der Waals surface area (Å²) in [6.45, 7) is 1.80. The molecule has 176 valence electrons. The van der Waals surface area contributed by atoms with Crippen LogP contribution in [-0.2, 0) is 13.2 Å². The number of hydrogen-bond acceptors (Lipinski definition) is 7. The molecule has 2 atom stereocenters. The van der Waals surface area contributed by atoms with Crippen molar-refractivity contribution in [3.8, 4) is 0 Å². The third-order valence-electron chi connectivity index (χ3n) is 7.06. The summed E-state index contributed by atoms with van der Waals surface area (Å²) >= 11 is 0. The number of halogens is 1. The highest BCUT2D eigenvalue weighted by Crippen LogP contribution is 2.45.